The van der Waals surface area contributed by atoms with Gasteiger partial charge in [0.2, 0.25) is 0 Å². The van der Waals surface area contributed by atoms with Crippen LogP contribution in [0.25, 0.3) is 32.9 Å². The number of hydrogen-bond donors (Lipinski definition) is 1. The van der Waals surface area contributed by atoms with Crippen molar-refractivity contribution in [3.05, 3.63) is 59.5 Å². The number of rotatable bonds is 4. The molecular weight excluding hydrogens is 521 g/mol. The van der Waals surface area contributed by atoms with Crippen LogP contribution in [0.4, 0.5) is 13.2 Å². The van der Waals surface area contributed by atoms with Gasteiger partial charge in [-0.2, -0.15) is 13.2 Å². The lowest BCUT2D eigenvalue weighted by atomic mass is 10.0. The second-order valence-electron chi connectivity index (χ2n) is 8.94. The summed E-state index contributed by atoms with van der Waals surface area (Å²) < 4.78 is 37.3. The third-order valence-corrected chi connectivity index (χ3v) is 7.10. The lowest BCUT2D eigenvalue weighted by Crippen LogP contribution is -2.44. The molecule has 0 atom stereocenters. The van der Waals surface area contributed by atoms with Crippen LogP contribution in [0.1, 0.15) is 23.2 Å². The Morgan fingerprint density at radius 3 is 2.37 bits per heavy atom. The van der Waals surface area contributed by atoms with Crippen LogP contribution in [0, 0.1) is 0 Å². The summed E-state index contributed by atoms with van der Waals surface area (Å²) in [5.74, 6) is -2.69. The average Bonchev–Trinajstić information content (AvgIpc) is 3.55. The van der Waals surface area contributed by atoms with Gasteiger partial charge in [-0.25, -0.2) is 9.78 Å². The molecule has 0 unspecified atom stereocenters. The first kappa shape index (κ1) is 27.3. The molecule has 1 N–H and O–H groups in total. The molecule has 1 aliphatic heterocycles. The van der Waals surface area contributed by atoms with Gasteiger partial charge in [-0.1, -0.05) is 35.5 Å². The number of carbonyl (C=O) groups is 2. The lowest BCUT2D eigenvalue weighted by molar-refractivity contribution is -0.192. The summed E-state index contributed by atoms with van der Waals surface area (Å²) in [5.41, 5.74) is 3.84. The minimum absolute atomic E-state index is 0.0644. The molecule has 0 bridgehead atoms. The summed E-state index contributed by atoms with van der Waals surface area (Å²) in [7, 11) is 4.20. The van der Waals surface area contributed by atoms with Crippen LogP contribution in [0.3, 0.4) is 0 Å². The summed E-state index contributed by atoms with van der Waals surface area (Å²) in [5, 5.41) is 15.1. The zero-order valence-corrected chi connectivity index (χ0v) is 21.4. The lowest BCUT2D eigenvalue weighted by Gasteiger charge is -2.35. The standard InChI is InChI=1S/C24H24N4O2S.C2HF3O2/c1-27(2)18-10-12-28(13-11-18)24(29)17-8-9-21-19(14-17)22(26-30-21)20-15-31-23(25-20)16-6-4-3-5-7-16;3-2(4,5)1(6)7/h3-9,14-15,18H,10-13H2,1-2H3;(H,6,7). The minimum Gasteiger partial charge on any atom is -0.475 e. The van der Waals surface area contributed by atoms with Gasteiger partial charge in [-0.3, -0.25) is 4.79 Å². The van der Waals surface area contributed by atoms with Crippen LogP contribution in [0.15, 0.2) is 58.4 Å². The first-order chi connectivity index (χ1) is 18.0. The van der Waals surface area contributed by atoms with Crippen molar-refractivity contribution in [2.45, 2.75) is 25.1 Å². The third-order valence-electron chi connectivity index (χ3n) is 6.21. The largest absolute Gasteiger partial charge is 0.490 e. The summed E-state index contributed by atoms with van der Waals surface area (Å²) in [6, 6.07) is 16.2. The van der Waals surface area contributed by atoms with Gasteiger partial charge < -0.3 is 19.4 Å². The zero-order valence-electron chi connectivity index (χ0n) is 20.6. The van der Waals surface area contributed by atoms with Crippen molar-refractivity contribution < 1.29 is 32.4 Å². The molecule has 3 heterocycles. The van der Waals surface area contributed by atoms with E-state index < -0.39 is 12.1 Å². The Bertz CT molecular complexity index is 1410. The molecule has 0 spiro atoms. The highest BCUT2D eigenvalue weighted by atomic mass is 32.1. The molecule has 12 heteroatoms. The van der Waals surface area contributed by atoms with Crippen LogP contribution in [-0.4, -0.2) is 76.3 Å². The number of likely N-dealkylation sites (tertiary alicyclic amines) is 1. The van der Waals surface area contributed by atoms with Gasteiger partial charge in [0.05, 0.1) is 5.39 Å². The number of carbonyl (C=O) groups excluding carboxylic acids is 1. The van der Waals surface area contributed by atoms with E-state index in [0.717, 1.165) is 47.6 Å². The van der Waals surface area contributed by atoms with Gasteiger partial charge in [0.15, 0.2) is 5.58 Å². The average molecular weight is 547 g/mol. The Balaban J connectivity index is 0.000000426. The number of benzene rings is 2. The second-order valence-corrected chi connectivity index (χ2v) is 9.79. The number of halogens is 3. The molecular formula is C26H25F3N4O4S. The van der Waals surface area contributed by atoms with E-state index in [0.29, 0.717) is 22.9 Å². The molecule has 0 aliphatic carbocycles. The number of alkyl halides is 3. The Hall–Kier alpha value is -3.77. The third kappa shape index (κ3) is 6.20. The number of thiazole rings is 1. The fourth-order valence-electron chi connectivity index (χ4n) is 4.12. The summed E-state index contributed by atoms with van der Waals surface area (Å²) in [4.78, 5) is 31.0. The fraction of sp³-hybridized carbons (Fsp3) is 0.308. The Morgan fingerprint density at radius 1 is 1.11 bits per heavy atom. The van der Waals surface area contributed by atoms with Crippen LogP contribution in [0.2, 0.25) is 0 Å². The number of aliphatic carboxylic acids is 1. The fourth-order valence-corrected chi connectivity index (χ4v) is 4.93. The van der Waals surface area contributed by atoms with Crippen LogP contribution >= 0.6 is 11.3 Å². The number of piperidine rings is 1. The monoisotopic (exact) mass is 546 g/mol. The number of carboxylic acids is 1. The van der Waals surface area contributed by atoms with Gasteiger partial charge in [-0.15, -0.1) is 11.3 Å². The molecule has 4 aromatic rings. The normalized spacial score (nSPS) is 14.4. The first-order valence-corrected chi connectivity index (χ1v) is 12.6. The van der Waals surface area contributed by atoms with Crippen LogP contribution < -0.4 is 0 Å². The van der Waals surface area contributed by atoms with Crippen LogP contribution in [0.5, 0.6) is 0 Å². The molecule has 0 radical (unpaired) electrons. The maximum Gasteiger partial charge on any atom is 0.490 e. The molecule has 1 fully saturated rings. The van der Waals surface area contributed by atoms with E-state index in [4.69, 9.17) is 19.4 Å². The van der Waals surface area contributed by atoms with Crippen molar-refractivity contribution in [1.29, 1.82) is 0 Å². The minimum atomic E-state index is -5.08. The summed E-state index contributed by atoms with van der Waals surface area (Å²) in [6.07, 6.45) is -3.08. The first-order valence-electron chi connectivity index (χ1n) is 11.7. The molecule has 1 aliphatic rings. The van der Waals surface area contributed by atoms with E-state index in [1.165, 1.54) is 0 Å². The molecule has 38 heavy (non-hydrogen) atoms. The maximum absolute atomic E-state index is 13.1. The molecule has 2 aromatic carbocycles. The van der Waals surface area contributed by atoms with Crippen molar-refractivity contribution in [2.75, 3.05) is 27.2 Å². The topological polar surface area (TPSA) is 99.8 Å². The molecule has 0 saturated carbocycles. The predicted octanol–water partition coefficient (Wildman–Crippen LogP) is 5.42. The molecule has 8 nitrogen and oxygen atoms in total. The number of aromatic nitrogens is 2. The van der Waals surface area contributed by atoms with Gasteiger partial charge in [0.1, 0.15) is 16.4 Å². The van der Waals surface area contributed by atoms with Gasteiger partial charge in [0, 0.05) is 35.6 Å². The quantitative estimate of drug-likeness (QED) is 0.365. The van der Waals surface area contributed by atoms with Crippen molar-refractivity contribution in [3.63, 3.8) is 0 Å². The number of fused-ring (bicyclic) bond motifs is 1. The van der Waals surface area contributed by atoms with E-state index in [1.54, 1.807) is 11.3 Å². The van der Waals surface area contributed by atoms with Crippen molar-refractivity contribution in [1.82, 2.24) is 19.9 Å². The number of amides is 1. The second kappa shape index (κ2) is 11.3. The zero-order chi connectivity index (χ0) is 27.4. The van der Waals surface area contributed by atoms with E-state index in [1.807, 2.05) is 58.8 Å². The van der Waals surface area contributed by atoms with Gasteiger partial charge >= 0.3 is 12.1 Å². The van der Waals surface area contributed by atoms with Gasteiger partial charge in [0.25, 0.3) is 5.91 Å². The van der Waals surface area contributed by atoms with Crippen molar-refractivity contribution >= 4 is 34.2 Å². The van der Waals surface area contributed by atoms with Gasteiger partial charge in [-0.05, 0) is 45.1 Å². The van der Waals surface area contributed by atoms with Crippen molar-refractivity contribution in [3.8, 4) is 22.0 Å². The highest BCUT2D eigenvalue weighted by Gasteiger charge is 2.38. The van der Waals surface area contributed by atoms with E-state index in [9.17, 15) is 18.0 Å². The number of nitrogens with zero attached hydrogens (tertiary/aromatic N) is 4. The van der Waals surface area contributed by atoms with E-state index >= 15 is 0 Å². The van der Waals surface area contributed by atoms with Crippen molar-refractivity contribution in [2.24, 2.45) is 0 Å². The Labute approximate surface area is 220 Å². The summed E-state index contributed by atoms with van der Waals surface area (Å²) in [6.45, 7) is 1.56. The van der Waals surface area contributed by atoms with E-state index in [-0.39, 0.29) is 5.91 Å². The number of carboxylic acid groups (broad SMARTS) is 1. The highest BCUT2D eigenvalue weighted by Crippen LogP contribution is 2.33. The molecule has 1 saturated heterocycles. The molecule has 5 rings (SSSR count). The van der Waals surface area contributed by atoms with E-state index in [2.05, 4.69) is 24.2 Å². The Kier molecular flexibility index (Phi) is 8.12. The molecule has 1 amide bonds. The Morgan fingerprint density at radius 2 is 1.76 bits per heavy atom. The molecule has 2 aromatic heterocycles. The predicted molar refractivity (Wildman–Crippen MR) is 137 cm³/mol. The maximum atomic E-state index is 13.1. The number of hydrogen-bond acceptors (Lipinski definition) is 7. The highest BCUT2D eigenvalue weighted by molar-refractivity contribution is 7.13. The SMILES string of the molecule is CN(C)C1CCN(C(=O)c2ccc3onc(-c4csc(-c5ccccc5)n4)c3c2)CC1.O=C(O)C(F)(F)F. The molecule has 200 valence electrons. The smallest absolute Gasteiger partial charge is 0.475 e. The van der Waals surface area contributed by atoms with Crippen LogP contribution in [-0.2, 0) is 4.79 Å². The summed E-state index contributed by atoms with van der Waals surface area (Å²) >= 11 is 1.57.